The van der Waals surface area contributed by atoms with Gasteiger partial charge in [0.1, 0.15) is 0 Å². The van der Waals surface area contributed by atoms with Crippen LogP contribution in [0.2, 0.25) is 0 Å². The Morgan fingerprint density at radius 3 is 2.45 bits per heavy atom. The van der Waals surface area contributed by atoms with Crippen LogP contribution in [0.1, 0.15) is 36.6 Å². The van der Waals surface area contributed by atoms with Gasteiger partial charge in [0.05, 0.1) is 33.4 Å². The summed E-state index contributed by atoms with van der Waals surface area (Å²) in [5.41, 5.74) is 3.00. The van der Waals surface area contributed by atoms with E-state index in [0.29, 0.717) is 26.2 Å². The molecule has 0 saturated heterocycles. The number of ether oxygens (including phenoxy) is 1. The quantitative estimate of drug-likeness (QED) is 0.329. The second-order valence-corrected chi connectivity index (χ2v) is 8.57. The minimum absolute atomic E-state index is 0.0253. The summed E-state index contributed by atoms with van der Waals surface area (Å²) in [6.45, 7) is 5.64. The number of aryl methyl sites for hydroxylation is 1. The number of hydrogen-bond donors (Lipinski definition) is 0. The smallest absolute Gasteiger partial charge is 0.338 e. The molecule has 1 atom stereocenters. The number of fused-ring (bicyclic) bond motifs is 1. The highest BCUT2D eigenvalue weighted by molar-refractivity contribution is 7.07. The number of thiazole rings is 1. The van der Waals surface area contributed by atoms with Crippen LogP contribution in [0.4, 0.5) is 5.69 Å². The molecule has 0 radical (unpaired) electrons. The third-order valence-corrected chi connectivity index (χ3v) is 6.29. The molecule has 0 saturated carbocycles. The first-order valence-electron chi connectivity index (χ1n) is 10.3. The fourth-order valence-electron chi connectivity index (χ4n) is 3.70. The maximum absolute atomic E-state index is 13.5. The molecular formula is C24H21N3O5S. The number of non-ortho nitro benzene ring substituents is 1. The lowest BCUT2D eigenvalue weighted by Gasteiger charge is -2.24. The Balaban J connectivity index is 1.90. The van der Waals surface area contributed by atoms with Gasteiger partial charge in [-0.3, -0.25) is 19.5 Å². The Bertz CT molecular complexity index is 1450. The van der Waals surface area contributed by atoms with Crippen LogP contribution < -0.4 is 14.9 Å². The molecule has 1 aliphatic rings. The van der Waals surface area contributed by atoms with E-state index in [2.05, 4.69) is 4.99 Å². The number of carbonyl (C=O) groups excluding carboxylic acids is 1. The van der Waals surface area contributed by atoms with E-state index in [0.717, 1.165) is 11.1 Å². The SMILES string of the molecule is CCOC(=O)C1=C(C)N=c2s/c(=C\c3ccc([N+](=O)[O-])cc3)c(=O)n2[C@@H]1c1ccc(C)cc1. The normalized spacial score (nSPS) is 15.7. The van der Waals surface area contributed by atoms with E-state index in [1.165, 1.54) is 28.0 Å². The fraction of sp³-hybridized carbons (Fsp3) is 0.208. The van der Waals surface area contributed by atoms with Gasteiger partial charge in [0, 0.05) is 12.1 Å². The molecule has 8 nitrogen and oxygen atoms in total. The van der Waals surface area contributed by atoms with Crippen LogP contribution in [0.15, 0.2) is 69.6 Å². The molecule has 2 heterocycles. The average Bonchev–Trinajstić information content (AvgIpc) is 3.08. The molecule has 0 bridgehead atoms. The van der Waals surface area contributed by atoms with Crippen molar-refractivity contribution in [3.05, 3.63) is 106 Å². The zero-order chi connectivity index (χ0) is 23.7. The van der Waals surface area contributed by atoms with Crippen molar-refractivity contribution in [2.45, 2.75) is 26.8 Å². The first-order chi connectivity index (χ1) is 15.8. The van der Waals surface area contributed by atoms with Crippen LogP contribution in [0.3, 0.4) is 0 Å². The summed E-state index contributed by atoms with van der Waals surface area (Å²) < 4.78 is 7.22. The highest BCUT2D eigenvalue weighted by Crippen LogP contribution is 2.30. The second kappa shape index (κ2) is 8.95. The standard InChI is InChI=1S/C24H21N3O5S/c1-4-32-23(29)20-15(3)25-24-26(21(20)17-9-5-14(2)6-10-17)22(28)19(33-24)13-16-7-11-18(12-8-16)27(30)31/h5-13,21H,4H2,1-3H3/b19-13-/t21-/m1/s1. The number of esters is 1. The molecule has 3 aromatic rings. The fourth-order valence-corrected chi connectivity index (χ4v) is 4.75. The number of rotatable bonds is 5. The molecule has 9 heteroatoms. The Labute approximate surface area is 192 Å². The first-order valence-corrected chi connectivity index (χ1v) is 11.1. The molecule has 2 aromatic carbocycles. The molecule has 0 N–H and O–H groups in total. The Morgan fingerprint density at radius 2 is 1.85 bits per heavy atom. The van der Waals surface area contributed by atoms with Gasteiger partial charge in [-0.2, -0.15) is 0 Å². The summed E-state index contributed by atoms with van der Waals surface area (Å²) in [4.78, 5) is 41.8. The van der Waals surface area contributed by atoms with Gasteiger partial charge in [0.25, 0.3) is 11.2 Å². The summed E-state index contributed by atoms with van der Waals surface area (Å²) in [6, 6.07) is 12.9. The van der Waals surface area contributed by atoms with Crippen molar-refractivity contribution >= 4 is 29.1 Å². The van der Waals surface area contributed by atoms with Crippen molar-refractivity contribution in [1.29, 1.82) is 0 Å². The van der Waals surface area contributed by atoms with E-state index < -0.39 is 16.9 Å². The maximum Gasteiger partial charge on any atom is 0.338 e. The predicted octanol–water partition coefficient (Wildman–Crippen LogP) is 3.01. The lowest BCUT2D eigenvalue weighted by molar-refractivity contribution is -0.384. The van der Waals surface area contributed by atoms with Crippen LogP contribution in [-0.2, 0) is 9.53 Å². The van der Waals surface area contributed by atoms with Gasteiger partial charge in [0.2, 0.25) is 0 Å². The van der Waals surface area contributed by atoms with Crippen LogP contribution in [0.5, 0.6) is 0 Å². The zero-order valence-corrected chi connectivity index (χ0v) is 19.1. The molecule has 33 heavy (non-hydrogen) atoms. The van der Waals surface area contributed by atoms with Crippen LogP contribution in [0, 0.1) is 17.0 Å². The van der Waals surface area contributed by atoms with Crippen molar-refractivity contribution in [1.82, 2.24) is 4.57 Å². The minimum atomic E-state index is -0.667. The molecule has 0 amide bonds. The third-order valence-electron chi connectivity index (χ3n) is 5.31. The number of benzene rings is 2. The van der Waals surface area contributed by atoms with Crippen molar-refractivity contribution in [2.24, 2.45) is 4.99 Å². The highest BCUT2D eigenvalue weighted by atomic mass is 32.1. The van der Waals surface area contributed by atoms with Gasteiger partial charge in [-0.1, -0.05) is 41.2 Å². The lowest BCUT2D eigenvalue weighted by Crippen LogP contribution is -2.39. The summed E-state index contributed by atoms with van der Waals surface area (Å²) >= 11 is 1.21. The molecule has 168 valence electrons. The summed E-state index contributed by atoms with van der Waals surface area (Å²) in [5.74, 6) is -0.506. The van der Waals surface area contributed by atoms with Crippen LogP contribution in [-0.4, -0.2) is 22.1 Å². The lowest BCUT2D eigenvalue weighted by atomic mass is 9.95. The molecule has 0 spiro atoms. The van der Waals surface area contributed by atoms with Crippen LogP contribution >= 0.6 is 11.3 Å². The van der Waals surface area contributed by atoms with Gasteiger partial charge >= 0.3 is 5.97 Å². The molecule has 1 aromatic heterocycles. The Morgan fingerprint density at radius 1 is 1.18 bits per heavy atom. The second-order valence-electron chi connectivity index (χ2n) is 7.56. The third kappa shape index (κ3) is 4.27. The molecule has 0 unspecified atom stereocenters. The largest absolute Gasteiger partial charge is 0.463 e. The number of carbonyl (C=O) groups is 1. The van der Waals surface area contributed by atoms with Crippen LogP contribution in [0.25, 0.3) is 6.08 Å². The van der Waals surface area contributed by atoms with Crippen molar-refractivity contribution in [2.75, 3.05) is 6.61 Å². The number of nitrogens with zero attached hydrogens (tertiary/aromatic N) is 3. The average molecular weight is 464 g/mol. The number of aromatic nitrogens is 1. The van der Waals surface area contributed by atoms with Gasteiger partial charge < -0.3 is 4.74 Å². The topological polar surface area (TPSA) is 104 Å². The monoisotopic (exact) mass is 463 g/mol. The number of allylic oxidation sites excluding steroid dienone is 1. The van der Waals surface area contributed by atoms with Gasteiger partial charge in [-0.25, -0.2) is 9.79 Å². The summed E-state index contributed by atoms with van der Waals surface area (Å²) in [5, 5.41) is 10.9. The number of nitro benzene ring substituents is 1. The summed E-state index contributed by atoms with van der Waals surface area (Å²) in [6.07, 6.45) is 1.67. The van der Waals surface area contributed by atoms with Crippen molar-refractivity contribution in [3.63, 3.8) is 0 Å². The molecule has 0 aliphatic carbocycles. The molecule has 4 rings (SSSR count). The molecular weight excluding hydrogens is 442 g/mol. The van der Waals surface area contributed by atoms with Crippen molar-refractivity contribution in [3.8, 4) is 0 Å². The number of hydrogen-bond acceptors (Lipinski definition) is 7. The minimum Gasteiger partial charge on any atom is -0.463 e. The molecule has 1 aliphatic heterocycles. The Kier molecular flexibility index (Phi) is 6.06. The van der Waals surface area contributed by atoms with Gasteiger partial charge in [0.15, 0.2) is 4.80 Å². The zero-order valence-electron chi connectivity index (χ0n) is 18.3. The van der Waals surface area contributed by atoms with E-state index in [4.69, 9.17) is 4.74 Å². The van der Waals surface area contributed by atoms with E-state index in [9.17, 15) is 19.7 Å². The number of nitro groups is 1. The van der Waals surface area contributed by atoms with E-state index in [1.54, 1.807) is 32.1 Å². The van der Waals surface area contributed by atoms with Crippen molar-refractivity contribution < 1.29 is 14.5 Å². The highest BCUT2D eigenvalue weighted by Gasteiger charge is 2.33. The van der Waals surface area contributed by atoms with Gasteiger partial charge in [-0.15, -0.1) is 0 Å². The van der Waals surface area contributed by atoms with Gasteiger partial charge in [-0.05, 0) is 50.1 Å². The van der Waals surface area contributed by atoms with E-state index in [1.807, 2.05) is 31.2 Å². The first kappa shape index (κ1) is 22.3. The predicted molar refractivity (Wildman–Crippen MR) is 125 cm³/mol. The van der Waals surface area contributed by atoms with E-state index in [-0.39, 0.29) is 17.9 Å². The Hall–Kier alpha value is -3.85. The molecule has 0 fully saturated rings. The summed E-state index contributed by atoms with van der Waals surface area (Å²) in [7, 11) is 0. The van der Waals surface area contributed by atoms with E-state index >= 15 is 0 Å². The maximum atomic E-state index is 13.5.